The van der Waals surface area contributed by atoms with Crippen molar-refractivity contribution in [2.24, 2.45) is 0 Å². The zero-order chi connectivity index (χ0) is 25.0. The van der Waals surface area contributed by atoms with Crippen molar-refractivity contribution in [1.82, 2.24) is 15.5 Å². The first-order valence-corrected chi connectivity index (χ1v) is 11.8. The lowest BCUT2D eigenvalue weighted by molar-refractivity contribution is -0.131. The van der Waals surface area contributed by atoms with Crippen molar-refractivity contribution in [3.63, 3.8) is 0 Å². The highest BCUT2D eigenvalue weighted by Crippen LogP contribution is 2.36. The lowest BCUT2D eigenvalue weighted by Crippen LogP contribution is -2.51. The summed E-state index contributed by atoms with van der Waals surface area (Å²) in [6, 6.07) is 5.64. The van der Waals surface area contributed by atoms with Crippen LogP contribution in [0.4, 0.5) is 0 Å². The minimum absolute atomic E-state index is 0.0254. The Balaban J connectivity index is 2.00. The normalized spacial score (nSPS) is 13.3. The monoisotopic (exact) mass is 493 g/mol. The maximum absolute atomic E-state index is 13.3. The number of rotatable bonds is 9. The van der Waals surface area contributed by atoms with Crippen molar-refractivity contribution in [3.05, 3.63) is 46.5 Å². The second kappa shape index (κ2) is 10.3. The first kappa shape index (κ1) is 25.3. The van der Waals surface area contributed by atoms with Crippen molar-refractivity contribution < 1.29 is 37.4 Å². The van der Waals surface area contributed by atoms with Crippen LogP contribution in [0.3, 0.4) is 0 Å². The number of aryl methyl sites for hydroxylation is 1. The molecule has 2 aromatic carbocycles. The number of sulfonamides is 1. The summed E-state index contributed by atoms with van der Waals surface area (Å²) in [6.07, 6.45) is 0.348. The number of hydroxylamine groups is 1. The molecule has 1 atom stereocenters. The predicted octanol–water partition coefficient (Wildman–Crippen LogP) is 0.920. The van der Waals surface area contributed by atoms with Gasteiger partial charge in [-0.3, -0.25) is 14.8 Å². The summed E-state index contributed by atoms with van der Waals surface area (Å²) in [5.74, 6) is 0.275. The van der Waals surface area contributed by atoms with Crippen LogP contribution in [-0.4, -0.2) is 51.9 Å². The van der Waals surface area contributed by atoms with Gasteiger partial charge in [-0.2, -0.15) is 4.72 Å². The highest BCUT2D eigenvalue weighted by Gasteiger charge is 2.30. The van der Waals surface area contributed by atoms with Crippen LogP contribution in [0.15, 0.2) is 29.2 Å². The smallest absolute Gasteiger partial charge is 0.263 e. The van der Waals surface area contributed by atoms with Crippen LogP contribution in [0, 0.1) is 13.8 Å². The van der Waals surface area contributed by atoms with Gasteiger partial charge in [-0.1, -0.05) is 6.07 Å². The third-order valence-corrected chi connectivity index (χ3v) is 7.14. The molecule has 2 aromatic rings. The molecule has 1 aliphatic rings. The van der Waals surface area contributed by atoms with Gasteiger partial charge in [0.25, 0.3) is 5.91 Å². The Labute approximate surface area is 197 Å². The van der Waals surface area contributed by atoms with Gasteiger partial charge in [0.05, 0.1) is 12.0 Å². The average Bonchev–Trinajstić information content (AvgIpc) is 3.25. The molecular weight excluding hydrogens is 466 g/mol. The number of benzene rings is 2. The molecule has 3 rings (SSSR count). The Hall–Kier alpha value is -3.35. The molecule has 11 nitrogen and oxygen atoms in total. The second-order valence-electron chi connectivity index (χ2n) is 7.78. The lowest BCUT2D eigenvalue weighted by Gasteiger charge is -2.22. The molecule has 0 saturated carbocycles. The van der Waals surface area contributed by atoms with Gasteiger partial charge in [-0.25, -0.2) is 13.9 Å². The van der Waals surface area contributed by atoms with Crippen molar-refractivity contribution in [1.29, 1.82) is 0 Å². The molecule has 34 heavy (non-hydrogen) atoms. The molecule has 12 heteroatoms. The maximum atomic E-state index is 13.3. The van der Waals surface area contributed by atoms with Crippen molar-refractivity contribution in [2.45, 2.75) is 38.1 Å². The molecule has 4 N–H and O–H groups in total. The zero-order valence-corrected chi connectivity index (χ0v) is 20.0. The van der Waals surface area contributed by atoms with Crippen LogP contribution in [0.2, 0.25) is 0 Å². The molecule has 0 saturated heterocycles. The fourth-order valence-electron chi connectivity index (χ4n) is 3.80. The van der Waals surface area contributed by atoms with E-state index in [1.807, 2.05) is 12.1 Å². The Kier molecular flexibility index (Phi) is 7.64. The number of methoxy groups -OCH3 is 1. The summed E-state index contributed by atoms with van der Waals surface area (Å²) >= 11 is 0. The van der Waals surface area contributed by atoms with E-state index in [2.05, 4.69) is 10.0 Å². The van der Waals surface area contributed by atoms with Crippen LogP contribution in [0.1, 0.15) is 29.2 Å². The standard InChI is InChI=1S/C22H27N3O8S/c1-12-7-19(31-4)16(8-15-5-6-18-20(9-15)33-11-32-18)13(2)21(12)34(29,30)25-17(22(27)24-28)10-23-14(3)26/h5-7,9,17,25,28H,8,10-11H2,1-4H3,(H,23,26)(H,24,27)/t17-/m1/s1. The molecule has 1 aliphatic heterocycles. The van der Waals surface area contributed by atoms with Gasteiger partial charge in [0, 0.05) is 25.5 Å². The molecule has 0 aromatic heterocycles. The van der Waals surface area contributed by atoms with E-state index in [0.29, 0.717) is 40.4 Å². The Morgan fingerprint density at radius 3 is 2.53 bits per heavy atom. The maximum Gasteiger partial charge on any atom is 0.263 e. The molecule has 2 amide bonds. The van der Waals surface area contributed by atoms with Crippen LogP contribution in [0.25, 0.3) is 0 Å². The van der Waals surface area contributed by atoms with Gasteiger partial charge in [0.2, 0.25) is 22.7 Å². The number of hydrogen-bond donors (Lipinski definition) is 4. The number of fused-ring (bicyclic) bond motifs is 1. The van der Waals surface area contributed by atoms with E-state index in [9.17, 15) is 18.0 Å². The third-order valence-electron chi connectivity index (χ3n) is 5.38. The molecule has 184 valence electrons. The van der Waals surface area contributed by atoms with E-state index in [0.717, 1.165) is 5.56 Å². The minimum atomic E-state index is -4.25. The predicted molar refractivity (Wildman–Crippen MR) is 121 cm³/mol. The first-order chi connectivity index (χ1) is 16.1. The van der Waals surface area contributed by atoms with Crippen molar-refractivity contribution in [2.75, 3.05) is 20.4 Å². The van der Waals surface area contributed by atoms with Gasteiger partial charge in [0.1, 0.15) is 11.8 Å². The fourth-order valence-corrected chi connectivity index (χ4v) is 5.49. The van der Waals surface area contributed by atoms with Crippen LogP contribution in [0.5, 0.6) is 17.2 Å². The Morgan fingerprint density at radius 2 is 1.88 bits per heavy atom. The lowest BCUT2D eigenvalue weighted by atomic mass is 9.97. The Bertz CT molecular complexity index is 1210. The highest BCUT2D eigenvalue weighted by molar-refractivity contribution is 7.89. The van der Waals surface area contributed by atoms with Gasteiger partial charge in [0.15, 0.2) is 11.5 Å². The quantitative estimate of drug-likeness (QED) is 0.297. The number of nitrogens with one attached hydrogen (secondary N) is 3. The molecule has 0 fully saturated rings. The van der Waals surface area contributed by atoms with Crippen LogP contribution >= 0.6 is 0 Å². The number of carbonyl (C=O) groups excluding carboxylic acids is 2. The van der Waals surface area contributed by atoms with E-state index >= 15 is 0 Å². The molecule has 0 bridgehead atoms. The summed E-state index contributed by atoms with van der Waals surface area (Å²) in [4.78, 5) is 23.2. The van der Waals surface area contributed by atoms with Gasteiger partial charge in [-0.15, -0.1) is 0 Å². The third kappa shape index (κ3) is 5.41. The highest BCUT2D eigenvalue weighted by atomic mass is 32.2. The summed E-state index contributed by atoms with van der Waals surface area (Å²) in [5, 5.41) is 11.4. The van der Waals surface area contributed by atoms with E-state index in [-0.39, 0.29) is 18.2 Å². The van der Waals surface area contributed by atoms with E-state index in [1.54, 1.807) is 26.0 Å². The molecule has 0 aliphatic carbocycles. The van der Waals surface area contributed by atoms with Gasteiger partial charge >= 0.3 is 0 Å². The zero-order valence-electron chi connectivity index (χ0n) is 19.2. The fraction of sp³-hybridized carbons (Fsp3) is 0.364. The molecule has 0 spiro atoms. The second-order valence-corrected chi connectivity index (χ2v) is 9.43. The van der Waals surface area contributed by atoms with Gasteiger partial charge in [-0.05, 0) is 48.7 Å². The molecule has 0 radical (unpaired) electrons. The van der Waals surface area contributed by atoms with E-state index in [4.69, 9.17) is 19.4 Å². The van der Waals surface area contributed by atoms with Crippen LogP contribution in [-0.2, 0) is 26.0 Å². The number of amides is 2. The number of hydrogen-bond acceptors (Lipinski definition) is 8. The number of carbonyl (C=O) groups is 2. The largest absolute Gasteiger partial charge is 0.496 e. The summed E-state index contributed by atoms with van der Waals surface area (Å²) in [5.41, 5.74) is 3.74. The minimum Gasteiger partial charge on any atom is -0.496 e. The Morgan fingerprint density at radius 1 is 1.18 bits per heavy atom. The average molecular weight is 494 g/mol. The summed E-state index contributed by atoms with van der Waals surface area (Å²) in [7, 11) is -2.75. The molecular formula is C22H27N3O8S. The van der Waals surface area contributed by atoms with E-state index < -0.39 is 27.9 Å². The van der Waals surface area contributed by atoms with E-state index in [1.165, 1.54) is 19.5 Å². The number of ether oxygens (including phenoxy) is 3. The molecule has 0 unspecified atom stereocenters. The summed E-state index contributed by atoms with van der Waals surface area (Å²) in [6.45, 7) is 4.29. The van der Waals surface area contributed by atoms with Crippen molar-refractivity contribution in [3.8, 4) is 17.2 Å². The van der Waals surface area contributed by atoms with Gasteiger partial charge < -0.3 is 19.5 Å². The van der Waals surface area contributed by atoms with Crippen LogP contribution < -0.4 is 29.7 Å². The summed E-state index contributed by atoms with van der Waals surface area (Å²) < 4.78 is 45.3. The first-order valence-electron chi connectivity index (χ1n) is 10.3. The molecule has 1 heterocycles. The van der Waals surface area contributed by atoms with Crippen molar-refractivity contribution >= 4 is 21.8 Å². The topological polar surface area (TPSA) is 152 Å². The SMILES string of the molecule is COc1cc(C)c(S(=O)(=O)N[C@H](CNC(C)=O)C(=O)NO)c(C)c1Cc1ccc2c(c1)OCO2.